The third-order valence-corrected chi connectivity index (χ3v) is 3.30. The van der Waals surface area contributed by atoms with Crippen molar-refractivity contribution in [2.75, 3.05) is 19.5 Å². The third kappa shape index (κ3) is 5.34. The van der Waals surface area contributed by atoms with E-state index in [-0.39, 0.29) is 17.1 Å². The van der Waals surface area contributed by atoms with Gasteiger partial charge in [0.2, 0.25) is 0 Å². The van der Waals surface area contributed by atoms with Crippen molar-refractivity contribution >= 4 is 11.7 Å². The summed E-state index contributed by atoms with van der Waals surface area (Å²) in [5.41, 5.74) is 1.04. The second kappa shape index (κ2) is 7.83. The quantitative estimate of drug-likeness (QED) is 0.838. The van der Waals surface area contributed by atoms with Crippen molar-refractivity contribution in [2.45, 2.75) is 32.9 Å². The lowest BCUT2D eigenvalue weighted by Crippen LogP contribution is -2.27. The minimum absolute atomic E-state index is 0.119. The molecular formula is C18H24N4O3. The molecule has 0 aliphatic carbocycles. The van der Waals surface area contributed by atoms with E-state index in [1.54, 1.807) is 32.4 Å². The lowest BCUT2D eigenvalue weighted by molar-refractivity contribution is 0.0945. The number of benzene rings is 1. The van der Waals surface area contributed by atoms with Crippen molar-refractivity contribution in [2.24, 2.45) is 0 Å². The number of amides is 1. The van der Waals surface area contributed by atoms with Crippen LogP contribution < -0.4 is 20.1 Å². The van der Waals surface area contributed by atoms with Gasteiger partial charge >= 0.3 is 0 Å². The molecule has 0 spiro atoms. The Morgan fingerprint density at radius 2 is 1.76 bits per heavy atom. The number of methoxy groups -OCH3 is 2. The van der Waals surface area contributed by atoms with E-state index < -0.39 is 0 Å². The van der Waals surface area contributed by atoms with Crippen molar-refractivity contribution in [3.8, 4) is 11.5 Å². The summed E-state index contributed by atoms with van der Waals surface area (Å²) in [5.74, 6) is 1.60. The Kier molecular flexibility index (Phi) is 5.80. The van der Waals surface area contributed by atoms with E-state index in [0.717, 1.165) is 5.56 Å². The maximum absolute atomic E-state index is 12.2. The number of aromatic nitrogens is 2. The molecule has 1 amide bonds. The summed E-state index contributed by atoms with van der Waals surface area (Å²) in [6.07, 6.45) is 0. The molecule has 0 bridgehead atoms. The number of carbonyl (C=O) groups excluding carboxylic acids is 1. The van der Waals surface area contributed by atoms with Crippen molar-refractivity contribution < 1.29 is 14.3 Å². The van der Waals surface area contributed by atoms with E-state index in [4.69, 9.17) is 9.47 Å². The zero-order chi connectivity index (χ0) is 18.4. The maximum atomic E-state index is 12.2. The first-order valence-corrected chi connectivity index (χ1v) is 7.93. The van der Waals surface area contributed by atoms with Gasteiger partial charge in [0.05, 0.1) is 14.2 Å². The second-order valence-electron chi connectivity index (χ2n) is 6.55. The topological polar surface area (TPSA) is 85.4 Å². The van der Waals surface area contributed by atoms with Crippen LogP contribution in [-0.4, -0.2) is 35.9 Å². The molecule has 0 radical (unpaired) electrons. The lowest BCUT2D eigenvalue weighted by Gasteiger charge is -2.20. The number of hydrogen-bond acceptors (Lipinski definition) is 6. The Labute approximate surface area is 147 Å². The first kappa shape index (κ1) is 18.5. The smallest absolute Gasteiger partial charge is 0.272 e. The van der Waals surface area contributed by atoms with Crippen molar-refractivity contribution in [3.63, 3.8) is 0 Å². The van der Waals surface area contributed by atoms with Crippen LogP contribution in [0, 0.1) is 0 Å². The molecule has 0 atom stereocenters. The first-order chi connectivity index (χ1) is 11.8. The van der Waals surface area contributed by atoms with Gasteiger partial charge in [0.1, 0.15) is 5.82 Å². The fraction of sp³-hybridized carbons (Fsp3) is 0.389. The number of anilines is 1. The summed E-state index contributed by atoms with van der Waals surface area (Å²) < 4.78 is 10.4. The highest BCUT2D eigenvalue weighted by Crippen LogP contribution is 2.27. The van der Waals surface area contributed by atoms with E-state index in [2.05, 4.69) is 20.8 Å². The maximum Gasteiger partial charge on any atom is 0.272 e. The highest BCUT2D eigenvalue weighted by atomic mass is 16.5. The second-order valence-corrected chi connectivity index (χ2v) is 6.55. The van der Waals surface area contributed by atoms with E-state index in [9.17, 15) is 4.79 Å². The molecule has 1 aromatic carbocycles. The average molecular weight is 344 g/mol. The number of carbonyl (C=O) groups is 1. The lowest BCUT2D eigenvalue weighted by atomic mass is 10.1. The van der Waals surface area contributed by atoms with Crippen LogP contribution in [0.3, 0.4) is 0 Å². The molecule has 0 aliphatic heterocycles. The van der Waals surface area contributed by atoms with Gasteiger partial charge in [-0.1, -0.05) is 6.07 Å². The molecule has 2 N–H and O–H groups in total. The van der Waals surface area contributed by atoms with Gasteiger partial charge < -0.3 is 20.1 Å². The highest BCUT2D eigenvalue weighted by molar-refractivity contribution is 5.92. The summed E-state index contributed by atoms with van der Waals surface area (Å²) in [5, 5.41) is 14.0. The summed E-state index contributed by atoms with van der Waals surface area (Å²) in [6, 6.07) is 8.87. The molecule has 0 saturated heterocycles. The van der Waals surface area contributed by atoms with Gasteiger partial charge in [-0.05, 0) is 50.6 Å². The molecule has 7 nitrogen and oxygen atoms in total. The van der Waals surface area contributed by atoms with Gasteiger partial charge in [0.25, 0.3) is 5.91 Å². The average Bonchev–Trinajstić information content (AvgIpc) is 2.58. The SMILES string of the molecule is COc1ccc(CNC(=O)c2ccc(NC(C)(C)C)nn2)cc1OC. The first-order valence-electron chi connectivity index (χ1n) is 7.93. The Bertz CT molecular complexity index is 724. The molecule has 1 aromatic heterocycles. The molecule has 7 heteroatoms. The monoisotopic (exact) mass is 344 g/mol. The number of ether oxygens (including phenoxy) is 2. The predicted octanol–water partition coefficient (Wildman–Crippen LogP) is 2.63. The van der Waals surface area contributed by atoms with Crippen LogP contribution >= 0.6 is 0 Å². The number of rotatable bonds is 6. The van der Waals surface area contributed by atoms with Crippen LogP contribution in [0.5, 0.6) is 11.5 Å². The zero-order valence-corrected chi connectivity index (χ0v) is 15.2. The Hall–Kier alpha value is -2.83. The van der Waals surface area contributed by atoms with Gasteiger partial charge in [-0.15, -0.1) is 10.2 Å². The molecule has 25 heavy (non-hydrogen) atoms. The number of nitrogens with zero attached hydrogens (tertiary/aromatic N) is 2. The Morgan fingerprint density at radius 3 is 2.32 bits per heavy atom. The Morgan fingerprint density at radius 1 is 1.04 bits per heavy atom. The van der Waals surface area contributed by atoms with Gasteiger partial charge in [0, 0.05) is 12.1 Å². The summed E-state index contributed by atoms with van der Waals surface area (Å²) >= 11 is 0. The highest BCUT2D eigenvalue weighted by Gasteiger charge is 2.13. The molecule has 0 aliphatic rings. The van der Waals surface area contributed by atoms with E-state index in [1.807, 2.05) is 32.9 Å². The molecule has 134 valence electrons. The fourth-order valence-corrected chi connectivity index (χ4v) is 2.17. The summed E-state index contributed by atoms with van der Waals surface area (Å²) in [6.45, 7) is 6.43. The number of hydrogen-bond donors (Lipinski definition) is 2. The summed E-state index contributed by atoms with van der Waals surface area (Å²) in [7, 11) is 3.15. The Balaban J connectivity index is 1.98. The van der Waals surface area contributed by atoms with Crippen LogP contribution in [0.2, 0.25) is 0 Å². The van der Waals surface area contributed by atoms with Crippen LogP contribution in [0.1, 0.15) is 36.8 Å². The third-order valence-electron chi connectivity index (χ3n) is 3.30. The fourth-order valence-electron chi connectivity index (χ4n) is 2.17. The molecule has 0 unspecified atom stereocenters. The van der Waals surface area contributed by atoms with Gasteiger partial charge in [-0.25, -0.2) is 0 Å². The van der Waals surface area contributed by atoms with Crippen LogP contribution in [0.4, 0.5) is 5.82 Å². The van der Waals surface area contributed by atoms with E-state index in [0.29, 0.717) is 23.9 Å². The van der Waals surface area contributed by atoms with Crippen molar-refractivity contribution in [3.05, 3.63) is 41.6 Å². The molecule has 0 saturated carbocycles. The van der Waals surface area contributed by atoms with E-state index in [1.165, 1.54) is 0 Å². The van der Waals surface area contributed by atoms with Crippen molar-refractivity contribution in [1.29, 1.82) is 0 Å². The minimum Gasteiger partial charge on any atom is -0.493 e. The largest absolute Gasteiger partial charge is 0.493 e. The standard InChI is InChI=1S/C18H24N4O3/c1-18(2,3)20-16-9-7-13(21-22-16)17(23)19-11-12-6-8-14(24-4)15(10-12)25-5/h6-10H,11H2,1-5H3,(H,19,23)(H,20,22). The van der Waals surface area contributed by atoms with Gasteiger partial charge in [0.15, 0.2) is 17.2 Å². The summed E-state index contributed by atoms with van der Waals surface area (Å²) in [4.78, 5) is 12.2. The zero-order valence-electron chi connectivity index (χ0n) is 15.2. The van der Waals surface area contributed by atoms with Crippen LogP contribution in [0.15, 0.2) is 30.3 Å². The predicted molar refractivity (Wildman–Crippen MR) is 96.1 cm³/mol. The molecule has 1 heterocycles. The van der Waals surface area contributed by atoms with E-state index >= 15 is 0 Å². The molecular weight excluding hydrogens is 320 g/mol. The molecule has 0 fully saturated rings. The molecule has 2 rings (SSSR count). The van der Waals surface area contributed by atoms with Crippen LogP contribution in [0.25, 0.3) is 0 Å². The normalized spacial score (nSPS) is 10.9. The van der Waals surface area contributed by atoms with Gasteiger partial charge in [-0.3, -0.25) is 4.79 Å². The minimum atomic E-state index is -0.287. The van der Waals surface area contributed by atoms with Crippen LogP contribution in [-0.2, 0) is 6.54 Å². The van der Waals surface area contributed by atoms with Crippen molar-refractivity contribution in [1.82, 2.24) is 15.5 Å². The number of nitrogens with one attached hydrogen (secondary N) is 2. The molecule has 2 aromatic rings. The van der Waals surface area contributed by atoms with Gasteiger partial charge in [-0.2, -0.15) is 0 Å².